The number of nitrogens with zero attached hydrogens (tertiary/aromatic N) is 1. The first-order valence-electron chi connectivity index (χ1n) is 5.71. The summed E-state index contributed by atoms with van der Waals surface area (Å²) in [6.45, 7) is 0.293. The van der Waals surface area contributed by atoms with Crippen LogP contribution in [0.2, 0.25) is 0 Å². The maximum atomic E-state index is 13.2. The Bertz CT molecular complexity index is 732. The van der Waals surface area contributed by atoms with E-state index in [1.54, 1.807) is 12.1 Å². The van der Waals surface area contributed by atoms with Crippen LogP contribution in [0.15, 0.2) is 41.0 Å². The van der Waals surface area contributed by atoms with Gasteiger partial charge < -0.3 is 10.2 Å². The maximum absolute atomic E-state index is 13.2. The van der Waals surface area contributed by atoms with Crippen LogP contribution in [0, 0.1) is 11.6 Å². The third kappa shape index (κ3) is 2.08. The van der Waals surface area contributed by atoms with Crippen LogP contribution in [0.5, 0.6) is 0 Å². The molecule has 3 aromatic rings. The third-order valence-corrected chi connectivity index (χ3v) is 2.87. The summed E-state index contributed by atoms with van der Waals surface area (Å²) in [6, 6.07) is 6.66. The van der Waals surface area contributed by atoms with Crippen molar-refractivity contribution in [3.05, 3.63) is 53.8 Å². The average molecular weight is 260 g/mol. The lowest BCUT2D eigenvalue weighted by molar-refractivity contribution is 0.584. The molecular weight excluding hydrogens is 250 g/mol. The van der Waals surface area contributed by atoms with E-state index in [1.165, 1.54) is 18.4 Å². The predicted octanol–water partition coefficient (Wildman–Crippen LogP) is 3.23. The van der Waals surface area contributed by atoms with Gasteiger partial charge in [-0.25, -0.2) is 13.8 Å². The van der Waals surface area contributed by atoms with E-state index in [0.29, 0.717) is 28.9 Å². The zero-order chi connectivity index (χ0) is 13.4. The van der Waals surface area contributed by atoms with Gasteiger partial charge in [0.15, 0.2) is 5.58 Å². The normalized spacial score (nSPS) is 11.1. The third-order valence-electron chi connectivity index (χ3n) is 2.87. The molecule has 0 bridgehead atoms. The molecular formula is C14H10F2N2O. The van der Waals surface area contributed by atoms with E-state index >= 15 is 0 Å². The molecule has 0 saturated heterocycles. The number of aromatic nitrogens is 1. The molecule has 19 heavy (non-hydrogen) atoms. The quantitative estimate of drug-likeness (QED) is 0.769. The molecule has 0 aliphatic carbocycles. The predicted molar refractivity (Wildman–Crippen MR) is 67.3 cm³/mol. The number of fused-ring (bicyclic) bond motifs is 1. The Kier molecular flexibility index (Phi) is 2.76. The fraction of sp³-hybridized carbons (Fsp3) is 0.0714. The molecule has 5 heteroatoms. The van der Waals surface area contributed by atoms with Crippen LogP contribution >= 0.6 is 0 Å². The molecule has 1 aromatic carbocycles. The number of pyridine rings is 1. The molecule has 0 aliphatic heterocycles. The van der Waals surface area contributed by atoms with E-state index in [9.17, 15) is 8.78 Å². The van der Waals surface area contributed by atoms with Crippen LogP contribution in [0.1, 0.15) is 5.56 Å². The van der Waals surface area contributed by atoms with Crippen molar-refractivity contribution in [2.75, 3.05) is 0 Å². The minimum Gasteiger partial charge on any atom is -0.462 e. The van der Waals surface area contributed by atoms with Crippen molar-refractivity contribution in [3.63, 3.8) is 0 Å². The van der Waals surface area contributed by atoms with Crippen LogP contribution < -0.4 is 5.73 Å². The van der Waals surface area contributed by atoms with Gasteiger partial charge in [0.25, 0.3) is 0 Å². The maximum Gasteiger partial charge on any atom is 0.152 e. The monoisotopic (exact) mass is 260 g/mol. The van der Waals surface area contributed by atoms with E-state index in [1.807, 2.05) is 0 Å². The smallest absolute Gasteiger partial charge is 0.152 e. The van der Waals surface area contributed by atoms with E-state index in [2.05, 4.69) is 4.98 Å². The Morgan fingerprint density at radius 1 is 1.11 bits per heavy atom. The number of furan rings is 1. The van der Waals surface area contributed by atoms with Crippen molar-refractivity contribution < 1.29 is 13.2 Å². The summed E-state index contributed by atoms with van der Waals surface area (Å²) in [5, 5.41) is 0. The molecule has 0 radical (unpaired) electrons. The number of benzene rings is 1. The number of hydrogen-bond acceptors (Lipinski definition) is 3. The number of hydrogen-bond donors (Lipinski definition) is 1. The van der Waals surface area contributed by atoms with Crippen molar-refractivity contribution >= 4 is 11.1 Å². The van der Waals surface area contributed by atoms with Gasteiger partial charge >= 0.3 is 0 Å². The molecule has 2 N–H and O–H groups in total. The molecule has 96 valence electrons. The van der Waals surface area contributed by atoms with Gasteiger partial charge in [0, 0.05) is 23.7 Å². The molecule has 0 amide bonds. The average Bonchev–Trinajstić information content (AvgIpc) is 2.79. The van der Waals surface area contributed by atoms with Gasteiger partial charge in [-0.2, -0.15) is 0 Å². The summed E-state index contributed by atoms with van der Waals surface area (Å²) in [6.07, 6.45) is 1.54. The molecule has 3 rings (SSSR count). The Hall–Kier alpha value is -2.27. The van der Waals surface area contributed by atoms with Crippen molar-refractivity contribution in [2.24, 2.45) is 5.73 Å². The first-order chi connectivity index (χ1) is 9.17. The summed E-state index contributed by atoms with van der Waals surface area (Å²) in [5.74, 6) is -1.27. The molecule has 0 fully saturated rings. The van der Waals surface area contributed by atoms with Gasteiger partial charge in [-0.15, -0.1) is 0 Å². The molecule has 0 atom stereocenters. The van der Waals surface area contributed by atoms with E-state index in [4.69, 9.17) is 10.2 Å². The molecule has 2 heterocycles. The molecule has 0 unspecified atom stereocenters. The number of halogens is 2. The van der Waals surface area contributed by atoms with Crippen molar-refractivity contribution in [3.8, 4) is 11.3 Å². The topological polar surface area (TPSA) is 52.0 Å². The molecule has 0 spiro atoms. The van der Waals surface area contributed by atoms with E-state index < -0.39 is 11.6 Å². The fourth-order valence-corrected chi connectivity index (χ4v) is 1.97. The Morgan fingerprint density at radius 2 is 1.84 bits per heavy atom. The first kappa shape index (κ1) is 11.8. The fourth-order valence-electron chi connectivity index (χ4n) is 1.97. The Morgan fingerprint density at radius 3 is 2.53 bits per heavy atom. The summed E-state index contributed by atoms with van der Waals surface area (Å²) in [7, 11) is 0. The minimum atomic E-state index is -0.636. The van der Waals surface area contributed by atoms with Gasteiger partial charge in [-0.05, 0) is 24.3 Å². The summed E-state index contributed by atoms with van der Waals surface area (Å²) in [5.41, 5.74) is 8.40. The lowest BCUT2D eigenvalue weighted by Gasteiger charge is -2.02. The SMILES string of the molecule is NCc1coc2ccc(-c3cc(F)cc(F)c3)nc12. The van der Waals surface area contributed by atoms with Crippen LogP contribution in [-0.2, 0) is 6.54 Å². The van der Waals surface area contributed by atoms with Gasteiger partial charge in [0.1, 0.15) is 17.2 Å². The molecule has 0 saturated carbocycles. The largest absolute Gasteiger partial charge is 0.462 e. The second kappa shape index (κ2) is 4.44. The van der Waals surface area contributed by atoms with Crippen LogP contribution in [0.4, 0.5) is 8.78 Å². The minimum absolute atomic E-state index is 0.293. The highest BCUT2D eigenvalue weighted by atomic mass is 19.1. The second-order valence-corrected chi connectivity index (χ2v) is 4.17. The Balaban J connectivity index is 2.19. The van der Waals surface area contributed by atoms with Crippen molar-refractivity contribution in [2.45, 2.75) is 6.54 Å². The van der Waals surface area contributed by atoms with E-state index in [-0.39, 0.29) is 0 Å². The zero-order valence-electron chi connectivity index (χ0n) is 9.86. The highest BCUT2D eigenvalue weighted by Crippen LogP contribution is 2.25. The first-order valence-corrected chi connectivity index (χ1v) is 5.71. The molecule has 2 aromatic heterocycles. The summed E-state index contributed by atoms with van der Waals surface area (Å²) >= 11 is 0. The van der Waals surface area contributed by atoms with Gasteiger partial charge in [0.2, 0.25) is 0 Å². The summed E-state index contributed by atoms with van der Waals surface area (Å²) < 4.78 is 31.7. The van der Waals surface area contributed by atoms with Gasteiger partial charge in [-0.3, -0.25) is 0 Å². The zero-order valence-corrected chi connectivity index (χ0v) is 9.86. The van der Waals surface area contributed by atoms with Gasteiger partial charge in [0.05, 0.1) is 12.0 Å². The molecule has 0 aliphatic rings. The summed E-state index contributed by atoms with van der Waals surface area (Å²) in [4.78, 5) is 4.35. The van der Waals surface area contributed by atoms with Crippen LogP contribution in [0.25, 0.3) is 22.4 Å². The van der Waals surface area contributed by atoms with Crippen LogP contribution in [-0.4, -0.2) is 4.98 Å². The second-order valence-electron chi connectivity index (χ2n) is 4.17. The van der Waals surface area contributed by atoms with E-state index in [0.717, 1.165) is 11.6 Å². The van der Waals surface area contributed by atoms with Crippen molar-refractivity contribution in [1.82, 2.24) is 4.98 Å². The highest BCUT2D eigenvalue weighted by molar-refractivity contribution is 5.79. The van der Waals surface area contributed by atoms with Crippen molar-refractivity contribution in [1.29, 1.82) is 0 Å². The highest BCUT2D eigenvalue weighted by Gasteiger charge is 2.09. The molecule has 3 nitrogen and oxygen atoms in total. The number of rotatable bonds is 2. The standard InChI is InChI=1S/C14H10F2N2O/c15-10-3-8(4-11(16)5-10)12-1-2-13-14(18-12)9(6-17)7-19-13/h1-5,7H,6,17H2. The van der Waals surface area contributed by atoms with Crippen LogP contribution in [0.3, 0.4) is 0 Å². The van der Waals surface area contributed by atoms with Gasteiger partial charge in [-0.1, -0.05) is 0 Å². The number of nitrogens with two attached hydrogens (primary N) is 1. The lowest BCUT2D eigenvalue weighted by atomic mass is 10.1. The Labute approximate surface area is 107 Å². The lowest BCUT2D eigenvalue weighted by Crippen LogP contribution is -1.96.